The summed E-state index contributed by atoms with van der Waals surface area (Å²) in [5.41, 5.74) is 1.25. The molecule has 5 nitrogen and oxygen atoms in total. The molecule has 0 atom stereocenters. The van der Waals surface area contributed by atoms with E-state index in [2.05, 4.69) is 5.10 Å². The van der Waals surface area contributed by atoms with Crippen molar-refractivity contribution >= 4 is 23.9 Å². The van der Waals surface area contributed by atoms with Crippen LogP contribution in [0.5, 0.6) is 0 Å². The van der Waals surface area contributed by atoms with Gasteiger partial charge in [-0.3, -0.25) is 4.79 Å². The van der Waals surface area contributed by atoms with Crippen molar-refractivity contribution in [2.45, 2.75) is 6.92 Å². The van der Waals surface area contributed by atoms with Crippen LogP contribution < -0.4 is 0 Å². The molecule has 18 heavy (non-hydrogen) atoms. The van der Waals surface area contributed by atoms with E-state index in [0.717, 1.165) is 5.56 Å². The maximum Gasteiger partial charge on any atom is 0.357 e. The van der Waals surface area contributed by atoms with Gasteiger partial charge in [0.25, 0.3) is 0 Å². The number of carbonyl (C=O) groups is 2. The highest BCUT2D eigenvalue weighted by molar-refractivity contribution is 6.31. The molecule has 0 radical (unpaired) electrons. The van der Waals surface area contributed by atoms with Crippen LogP contribution in [0.25, 0.3) is 5.69 Å². The molecular formula is C12H9ClN2O3. The lowest BCUT2D eigenvalue weighted by atomic mass is 10.2. The maximum atomic E-state index is 10.9. The highest BCUT2D eigenvalue weighted by Gasteiger charge is 2.16. The Labute approximate surface area is 108 Å². The summed E-state index contributed by atoms with van der Waals surface area (Å²) < 4.78 is 1.32. The van der Waals surface area contributed by atoms with E-state index < -0.39 is 5.97 Å². The number of halogens is 1. The van der Waals surface area contributed by atoms with E-state index in [-0.39, 0.29) is 11.3 Å². The fourth-order valence-corrected chi connectivity index (χ4v) is 1.67. The Morgan fingerprint density at radius 2 is 2.22 bits per heavy atom. The van der Waals surface area contributed by atoms with Gasteiger partial charge < -0.3 is 5.11 Å². The fourth-order valence-electron chi connectivity index (χ4n) is 1.50. The van der Waals surface area contributed by atoms with Crippen molar-refractivity contribution < 1.29 is 14.7 Å². The maximum absolute atomic E-state index is 10.9. The third kappa shape index (κ3) is 2.12. The third-order valence-electron chi connectivity index (χ3n) is 2.49. The van der Waals surface area contributed by atoms with Gasteiger partial charge in [0.15, 0.2) is 12.0 Å². The predicted molar refractivity (Wildman–Crippen MR) is 65.7 cm³/mol. The normalized spacial score (nSPS) is 10.3. The Hall–Kier alpha value is -2.14. The van der Waals surface area contributed by atoms with Crippen molar-refractivity contribution in [2.24, 2.45) is 0 Å². The molecule has 2 aromatic rings. The monoisotopic (exact) mass is 264 g/mol. The zero-order valence-electron chi connectivity index (χ0n) is 9.42. The molecule has 1 heterocycles. The first-order valence-corrected chi connectivity index (χ1v) is 5.45. The van der Waals surface area contributed by atoms with Crippen LogP contribution in [0.3, 0.4) is 0 Å². The molecule has 0 aliphatic rings. The lowest BCUT2D eigenvalue weighted by Gasteiger charge is -2.03. The van der Waals surface area contributed by atoms with Crippen LogP contribution in [0.4, 0.5) is 0 Å². The zero-order valence-corrected chi connectivity index (χ0v) is 10.2. The molecule has 0 aliphatic heterocycles. The molecule has 0 unspecified atom stereocenters. The van der Waals surface area contributed by atoms with Crippen molar-refractivity contribution in [3.8, 4) is 5.69 Å². The third-order valence-corrected chi connectivity index (χ3v) is 2.90. The number of hydrogen-bond donors (Lipinski definition) is 1. The lowest BCUT2D eigenvalue weighted by molar-refractivity contribution is 0.0687. The van der Waals surface area contributed by atoms with Crippen molar-refractivity contribution in [3.05, 3.63) is 46.2 Å². The number of benzene rings is 1. The summed E-state index contributed by atoms with van der Waals surface area (Å²) in [5, 5.41) is 13.3. The Kier molecular flexibility index (Phi) is 3.16. The first kappa shape index (κ1) is 12.3. The number of carbonyl (C=O) groups excluding carboxylic acids is 1. The summed E-state index contributed by atoms with van der Waals surface area (Å²) in [4.78, 5) is 21.6. The van der Waals surface area contributed by atoms with Crippen molar-refractivity contribution in [1.82, 2.24) is 9.78 Å². The summed E-state index contributed by atoms with van der Waals surface area (Å²) in [5.74, 6) is -1.24. The van der Waals surface area contributed by atoms with Gasteiger partial charge in [0.05, 0.1) is 11.3 Å². The van der Waals surface area contributed by atoms with Gasteiger partial charge in [0.2, 0.25) is 0 Å². The molecule has 1 N–H and O–H groups in total. The smallest absolute Gasteiger partial charge is 0.357 e. The molecular weight excluding hydrogens is 256 g/mol. The minimum atomic E-state index is -1.24. The second kappa shape index (κ2) is 4.62. The topological polar surface area (TPSA) is 72.2 Å². The number of carboxylic acids is 1. The van der Waals surface area contributed by atoms with Crippen LogP contribution >= 0.6 is 11.6 Å². The van der Waals surface area contributed by atoms with E-state index in [1.807, 2.05) is 6.92 Å². The molecule has 2 rings (SSSR count). The quantitative estimate of drug-likeness (QED) is 0.864. The second-order valence-corrected chi connectivity index (χ2v) is 4.14. The largest absolute Gasteiger partial charge is 0.476 e. The highest BCUT2D eigenvalue weighted by Crippen LogP contribution is 2.20. The van der Waals surface area contributed by atoms with E-state index in [1.165, 1.54) is 10.9 Å². The van der Waals surface area contributed by atoms with Gasteiger partial charge >= 0.3 is 5.97 Å². The number of hydrogen-bond acceptors (Lipinski definition) is 3. The Bertz CT molecular complexity index is 634. The predicted octanol–water partition coefficient (Wildman–Crippen LogP) is 2.34. The molecule has 0 aliphatic carbocycles. The highest BCUT2D eigenvalue weighted by atomic mass is 35.5. The SMILES string of the molecule is Cc1ccc(-n2cc(C=O)c(C(=O)O)n2)cc1Cl. The zero-order chi connectivity index (χ0) is 13.3. The Morgan fingerprint density at radius 1 is 1.50 bits per heavy atom. The Morgan fingerprint density at radius 3 is 2.72 bits per heavy atom. The van der Waals surface area contributed by atoms with Gasteiger partial charge in [-0.05, 0) is 24.6 Å². The number of nitrogens with zero attached hydrogens (tertiary/aromatic N) is 2. The van der Waals surface area contributed by atoms with Crippen LogP contribution in [0, 0.1) is 6.92 Å². The van der Waals surface area contributed by atoms with Gasteiger partial charge in [-0.1, -0.05) is 17.7 Å². The number of aromatic nitrogens is 2. The van der Waals surface area contributed by atoms with Crippen molar-refractivity contribution in [1.29, 1.82) is 0 Å². The molecule has 0 saturated carbocycles. The average molecular weight is 265 g/mol. The van der Waals surface area contributed by atoms with E-state index in [9.17, 15) is 9.59 Å². The summed E-state index contributed by atoms with van der Waals surface area (Å²) in [6.07, 6.45) is 1.82. The van der Waals surface area contributed by atoms with Gasteiger partial charge in [-0.25, -0.2) is 9.48 Å². The summed E-state index contributed by atoms with van der Waals surface area (Å²) >= 11 is 5.98. The van der Waals surface area contributed by atoms with Crippen LogP contribution in [0.2, 0.25) is 5.02 Å². The summed E-state index contributed by atoms with van der Waals surface area (Å²) in [6.45, 7) is 1.86. The van der Waals surface area contributed by atoms with Crippen LogP contribution in [-0.2, 0) is 0 Å². The first-order chi connectivity index (χ1) is 8.52. The second-order valence-electron chi connectivity index (χ2n) is 3.73. The van der Waals surface area contributed by atoms with Gasteiger partial charge in [-0.15, -0.1) is 0 Å². The van der Waals surface area contributed by atoms with E-state index in [1.54, 1.807) is 18.2 Å². The average Bonchev–Trinajstić information content (AvgIpc) is 2.77. The molecule has 0 amide bonds. The standard InChI is InChI=1S/C12H9ClN2O3/c1-7-2-3-9(4-10(7)13)15-5-8(6-16)11(14-15)12(17)18/h2-6H,1H3,(H,17,18). The van der Waals surface area contributed by atoms with Crippen LogP contribution in [0.1, 0.15) is 26.4 Å². The lowest BCUT2D eigenvalue weighted by Crippen LogP contribution is -2.02. The van der Waals surface area contributed by atoms with Gasteiger partial charge in [-0.2, -0.15) is 5.10 Å². The molecule has 6 heteroatoms. The van der Waals surface area contributed by atoms with E-state index in [4.69, 9.17) is 16.7 Å². The Balaban J connectivity index is 2.54. The molecule has 1 aromatic carbocycles. The van der Waals surface area contributed by atoms with Crippen molar-refractivity contribution in [3.63, 3.8) is 0 Å². The fraction of sp³-hybridized carbons (Fsp3) is 0.0833. The van der Waals surface area contributed by atoms with E-state index >= 15 is 0 Å². The summed E-state index contributed by atoms with van der Waals surface area (Å²) in [7, 11) is 0. The van der Waals surface area contributed by atoms with Crippen molar-refractivity contribution in [2.75, 3.05) is 0 Å². The molecule has 0 fully saturated rings. The number of carboxylic acid groups (broad SMARTS) is 1. The molecule has 0 saturated heterocycles. The van der Waals surface area contributed by atoms with Gasteiger partial charge in [0.1, 0.15) is 0 Å². The number of rotatable bonds is 3. The van der Waals surface area contributed by atoms with E-state index in [0.29, 0.717) is 17.0 Å². The molecule has 0 spiro atoms. The minimum absolute atomic E-state index is 0.0270. The summed E-state index contributed by atoms with van der Waals surface area (Å²) in [6, 6.07) is 5.19. The number of aryl methyl sites for hydroxylation is 1. The van der Waals surface area contributed by atoms with Crippen LogP contribution in [0.15, 0.2) is 24.4 Å². The number of aromatic carboxylic acids is 1. The first-order valence-electron chi connectivity index (χ1n) is 5.07. The molecule has 0 bridgehead atoms. The molecule has 92 valence electrons. The number of aldehydes is 1. The minimum Gasteiger partial charge on any atom is -0.476 e. The molecule has 1 aromatic heterocycles. The van der Waals surface area contributed by atoms with Crippen LogP contribution in [-0.4, -0.2) is 27.1 Å². The van der Waals surface area contributed by atoms with Gasteiger partial charge in [0, 0.05) is 11.2 Å².